The molecule has 0 bridgehead atoms. The summed E-state index contributed by atoms with van der Waals surface area (Å²) in [6, 6.07) is 21.0. The van der Waals surface area contributed by atoms with Crippen molar-refractivity contribution < 1.29 is 42.9 Å². The predicted octanol–water partition coefficient (Wildman–Crippen LogP) is 3.96. The SMILES string of the molecule is COCCOCCOC(=O)[C@H](CCC(=O)C=[N+]=[N-])NC(=O)[C@H](Cc1c[nH]c2ccccc12)NC(=O)OCC1c2ccccc2-c2ccccc21. The summed E-state index contributed by atoms with van der Waals surface area (Å²) in [6.07, 6.45) is 1.35. The number of aromatic amines is 1. The summed E-state index contributed by atoms with van der Waals surface area (Å²) < 4.78 is 21.3. The third-order valence-corrected chi connectivity index (χ3v) is 8.44. The fourth-order valence-electron chi connectivity index (χ4n) is 5.99. The number of carbonyl (C=O) groups excluding carboxylic acids is 4. The second-order valence-electron chi connectivity index (χ2n) is 11.7. The number of H-pyrrole nitrogens is 1. The van der Waals surface area contributed by atoms with Gasteiger partial charge in [-0.2, -0.15) is 4.79 Å². The summed E-state index contributed by atoms with van der Waals surface area (Å²) in [5.41, 5.74) is 14.6. The van der Waals surface area contributed by atoms with Crippen LogP contribution in [0.15, 0.2) is 79.0 Å². The van der Waals surface area contributed by atoms with Gasteiger partial charge in [0.05, 0.1) is 19.8 Å². The zero-order valence-corrected chi connectivity index (χ0v) is 27.6. The first-order chi connectivity index (χ1) is 24.4. The first kappa shape index (κ1) is 35.7. The summed E-state index contributed by atoms with van der Waals surface area (Å²) in [5.74, 6) is -2.24. The third-order valence-electron chi connectivity index (χ3n) is 8.44. The number of methoxy groups -OCH3 is 1. The maximum atomic E-state index is 13.9. The summed E-state index contributed by atoms with van der Waals surface area (Å²) in [4.78, 5) is 58.3. The van der Waals surface area contributed by atoms with E-state index in [9.17, 15) is 19.2 Å². The van der Waals surface area contributed by atoms with Crippen molar-refractivity contribution in [1.29, 1.82) is 0 Å². The average molecular weight is 682 g/mol. The van der Waals surface area contributed by atoms with Gasteiger partial charge < -0.3 is 40.1 Å². The Labute approximate surface area is 288 Å². The van der Waals surface area contributed by atoms with Gasteiger partial charge in [0, 0.05) is 43.0 Å². The molecule has 13 nitrogen and oxygen atoms in total. The molecule has 13 heteroatoms. The van der Waals surface area contributed by atoms with E-state index in [0.29, 0.717) is 19.4 Å². The number of aromatic nitrogens is 1. The Bertz CT molecular complexity index is 1820. The fourth-order valence-corrected chi connectivity index (χ4v) is 5.99. The van der Waals surface area contributed by atoms with Crippen LogP contribution in [0, 0.1) is 0 Å². The molecule has 3 N–H and O–H groups in total. The van der Waals surface area contributed by atoms with Crippen molar-refractivity contribution in [3.63, 3.8) is 0 Å². The minimum Gasteiger partial charge on any atom is -0.462 e. The molecule has 0 spiro atoms. The number of alkyl carbamates (subject to hydrolysis) is 1. The number of hydrogen-bond acceptors (Lipinski definition) is 8. The van der Waals surface area contributed by atoms with Gasteiger partial charge in [0.25, 0.3) is 0 Å². The Hall–Kier alpha value is -5.62. The summed E-state index contributed by atoms with van der Waals surface area (Å²) in [7, 11) is 1.54. The number of ketones is 1. The van der Waals surface area contributed by atoms with Crippen LogP contribution in [0.1, 0.15) is 35.4 Å². The van der Waals surface area contributed by atoms with Crippen LogP contribution in [0.4, 0.5) is 4.79 Å². The highest BCUT2D eigenvalue weighted by atomic mass is 16.6. The molecule has 0 radical (unpaired) electrons. The average Bonchev–Trinajstić information content (AvgIpc) is 3.68. The maximum absolute atomic E-state index is 13.9. The van der Waals surface area contributed by atoms with E-state index in [1.54, 1.807) is 6.20 Å². The fraction of sp³-hybridized carbons (Fsp3) is 0.324. The number of ether oxygens (including phenoxy) is 4. The summed E-state index contributed by atoms with van der Waals surface area (Å²) in [5, 5.41) is 6.21. The lowest BCUT2D eigenvalue weighted by molar-refractivity contribution is -0.149. The van der Waals surface area contributed by atoms with Crippen molar-refractivity contribution >= 4 is 40.9 Å². The van der Waals surface area contributed by atoms with E-state index >= 15 is 0 Å². The highest BCUT2D eigenvalue weighted by Gasteiger charge is 2.32. The van der Waals surface area contributed by atoms with Gasteiger partial charge in [0.1, 0.15) is 25.3 Å². The molecule has 0 unspecified atom stereocenters. The Kier molecular flexibility index (Phi) is 12.6. The molecule has 5 rings (SSSR count). The molecule has 1 aliphatic carbocycles. The molecule has 2 atom stereocenters. The lowest BCUT2D eigenvalue weighted by Gasteiger charge is -2.23. The molecule has 4 aromatic rings. The van der Waals surface area contributed by atoms with Crippen LogP contribution >= 0.6 is 0 Å². The van der Waals surface area contributed by atoms with Gasteiger partial charge in [0.2, 0.25) is 11.7 Å². The van der Waals surface area contributed by atoms with E-state index in [4.69, 9.17) is 24.5 Å². The lowest BCUT2D eigenvalue weighted by Crippen LogP contribution is -2.53. The topological polar surface area (TPSA) is 181 Å². The van der Waals surface area contributed by atoms with E-state index in [2.05, 4.69) is 20.4 Å². The van der Waals surface area contributed by atoms with Crippen LogP contribution in [0.2, 0.25) is 0 Å². The molecule has 0 fully saturated rings. The van der Waals surface area contributed by atoms with Crippen LogP contribution in [-0.4, -0.2) is 92.0 Å². The largest absolute Gasteiger partial charge is 0.462 e. The Morgan fingerprint density at radius 1 is 0.860 bits per heavy atom. The van der Waals surface area contributed by atoms with Crippen LogP contribution in [0.25, 0.3) is 27.6 Å². The molecule has 1 heterocycles. The van der Waals surface area contributed by atoms with Gasteiger partial charge in [-0.3, -0.25) is 9.59 Å². The minimum atomic E-state index is -1.26. The highest BCUT2D eigenvalue weighted by molar-refractivity contribution is 6.25. The molecule has 0 saturated heterocycles. The number of amides is 2. The Morgan fingerprint density at radius 3 is 2.26 bits per heavy atom. The van der Waals surface area contributed by atoms with Gasteiger partial charge in [-0.05, 0) is 40.3 Å². The molecular formula is C37H39N5O8. The van der Waals surface area contributed by atoms with Crippen LogP contribution in [0.3, 0.4) is 0 Å². The normalized spacial score (nSPS) is 13.0. The Morgan fingerprint density at radius 2 is 1.54 bits per heavy atom. The number of para-hydroxylation sites is 1. The van der Waals surface area contributed by atoms with E-state index in [1.807, 2.05) is 72.8 Å². The van der Waals surface area contributed by atoms with Gasteiger partial charge in [-0.25, -0.2) is 9.59 Å². The second-order valence-corrected chi connectivity index (χ2v) is 11.7. The quantitative estimate of drug-likeness (QED) is 0.0464. The molecular weight excluding hydrogens is 642 g/mol. The monoisotopic (exact) mass is 681 g/mol. The number of esters is 1. The van der Waals surface area contributed by atoms with Crippen LogP contribution < -0.4 is 10.6 Å². The van der Waals surface area contributed by atoms with Gasteiger partial charge >= 0.3 is 18.3 Å². The first-order valence-electron chi connectivity index (χ1n) is 16.3. The molecule has 1 aromatic heterocycles. The standard InChI is InChI=1S/C37H39N5O8/c1-47-16-17-48-18-19-49-36(45)33(15-14-25(43)22-40-38)41-35(44)34(20-24-21-39-32-13-7-6-8-26(24)32)42-37(46)50-23-31-29-11-4-2-9-27(29)28-10-3-5-12-30(28)31/h2-13,21-22,31,33-34,39H,14-20,23H2,1H3,(H,41,44)(H,42,46)/t33-,34-/m0/s1. The third kappa shape index (κ3) is 9.08. The van der Waals surface area contributed by atoms with Gasteiger partial charge in [-0.15, -0.1) is 0 Å². The number of nitrogens with one attached hydrogen (secondary N) is 3. The van der Waals surface area contributed by atoms with E-state index < -0.39 is 35.8 Å². The zero-order chi connectivity index (χ0) is 35.3. The maximum Gasteiger partial charge on any atom is 0.407 e. The first-order valence-corrected chi connectivity index (χ1v) is 16.3. The van der Waals surface area contributed by atoms with E-state index in [-0.39, 0.29) is 45.0 Å². The van der Waals surface area contributed by atoms with Crippen molar-refractivity contribution in [3.05, 3.63) is 101 Å². The van der Waals surface area contributed by atoms with Gasteiger partial charge in [-0.1, -0.05) is 66.7 Å². The highest BCUT2D eigenvalue weighted by Crippen LogP contribution is 2.44. The molecule has 50 heavy (non-hydrogen) atoms. The van der Waals surface area contributed by atoms with Gasteiger partial charge in [0.15, 0.2) is 0 Å². The summed E-state index contributed by atoms with van der Waals surface area (Å²) >= 11 is 0. The number of nitrogens with zero attached hydrogens (tertiary/aromatic N) is 2. The van der Waals surface area contributed by atoms with Crippen molar-refractivity contribution in [3.8, 4) is 11.1 Å². The number of benzene rings is 3. The van der Waals surface area contributed by atoms with Crippen molar-refractivity contribution in [2.45, 2.75) is 37.3 Å². The lowest BCUT2D eigenvalue weighted by atomic mass is 9.98. The van der Waals surface area contributed by atoms with Crippen molar-refractivity contribution in [2.75, 3.05) is 40.1 Å². The van der Waals surface area contributed by atoms with Crippen molar-refractivity contribution in [2.24, 2.45) is 0 Å². The molecule has 0 aliphatic heterocycles. The second kappa shape index (κ2) is 17.7. The van der Waals surface area contributed by atoms with Crippen molar-refractivity contribution in [1.82, 2.24) is 15.6 Å². The molecule has 1 aliphatic rings. The molecule has 0 saturated carbocycles. The summed E-state index contributed by atoms with van der Waals surface area (Å²) in [6.45, 7) is 0.712. The number of Topliss-reactive ketones (excluding diaryl/α,β-unsaturated/α-hetero) is 1. The number of carbonyl (C=O) groups is 4. The molecule has 260 valence electrons. The Balaban J connectivity index is 1.30. The number of fused-ring (bicyclic) bond motifs is 4. The van der Waals surface area contributed by atoms with Crippen LogP contribution in [-0.2, 0) is 39.8 Å². The molecule has 3 aromatic carbocycles. The smallest absolute Gasteiger partial charge is 0.407 e. The number of hydrogen-bond donors (Lipinski definition) is 3. The minimum absolute atomic E-state index is 0.0389. The predicted molar refractivity (Wildman–Crippen MR) is 184 cm³/mol. The van der Waals surface area contributed by atoms with Crippen LogP contribution in [0.5, 0.6) is 0 Å². The number of rotatable bonds is 18. The molecule has 2 amide bonds. The van der Waals surface area contributed by atoms with E-state index in [0.717, 1.165) is 38.7 Å². The zero-order valence-electron chi connectivity index (χ0n) is 27.6. The van der Waals surface area contributed by atoms with E-state index in [1.165, 1.54) is 7.11 Å².